The molecule has 0 saturated heterocycles. The summed E-state index contributed by atoms with van der Waals surface area (Å²) in [7, 11) is 0. The number of nitrogens with zero attached hydrogens (tertiary/aromatic N) is 1. The highest BCUT2D eigenvalue weighted by molar-refractivity contribution is 5.85. The number of benzene rings is 1. The van der Waals surface area contributed by atoms with Crippen molar-refractivity contribution in [2.45, 2.75) is 19.9 Å². The summed E-state index contributed by atoms with van der Waals surface area (Å²) in [5.41, 5.74) is 3.29. The summed E-state index contributed by atoms with van der Waals surface area (Å²) in [6, 6.07) is 11.5. The second-order valence-corrected chi connectivity index (χ2v) is 4.46. The van der Waals surface area contributed by atoms with Gasteiger partial charge in [-0.2, -0.15) is 0 Å². The zero-order valence-corrected chi connectivity index (χ0v) is 10.9. The topological polar surface area (TPSA) is 62.2 Å². The van der Waals surface area contributed by atoms with Crippen LogP contribution in [0.3, 0.4) is 0 Å². The Hall–Kier alpha value is -2.36. The molecule has 1 heterocycles. The third-order valence-electron chi connectivity index (χ3n) is 3.02. The van der Waals surface area contributed by atoms with Crippen molar-refractivity contribution in [1.82, 2.24) is 4.98 Å². The van der Waals surface area contributed by atoms with Gasteiger partial charge in [0.05, 0.1) is 11.9 Å². The summed E-state index contributed by atoms with van der Waals surface area (Å²) >= 11 is 0. The van der Waals surface area contributed by atoms with Crippen LogP contribution >= 0.6 is 0 Å². The maximum absolute atomic E-state index is 10.7. The van der Waals surface area contributed by atoms with Gasteiger partial charge in [0.2, 0.25) is 0 Å². The van der Waals surface area contributed by atoms with Crippen molar-refractivity contribution in [1.29, 1.82) is 0 Å². The molecule has 0 aliphatic heterocycles. The summed E-state index contributed by atoms with van der Waals surface area (Å²) in [5, 5.41) is 12.1. The minimum atomic E-state index is -1.02. The molecule has 1 unspecified atom stereocenters. The Morgan fingerprint density at radius 3 is 2.58 bits per heavy atom. The van der Waals surface area contributed by atoms with E-state index in [-0.39, 0.29) is 11.7 Å². The first-order valence-corrected chi connectivity index (χ1v) is 6.09. The first-order valence-electron chi connectivity index (χ1n) is 6.09. The van der Waals surface area contributed by atoms with Crippen molar-refractivity contribution in [3.05, 3.63) is 59.4 Å². The molecule has 0 spiro atoms. The van der Waals surface area contributed by atoms with Gasteiger partial charge < -0.3 is 10.4 Å². The van der Waals surface area contributed by atoms with Crippen molar-refractivity contribution in [2.24, 2.45) is 0 Å². The average Bonchev–Trinajstić information content (AvgIpc) is 2.39. The van der Waals surface area contributed by atoms with E-state index in [1.165, 1.54) is 23.4 Å². The van der Waals surface area contributed by atoms with Crippen molar-refractivity contribution in [2.75, 3.05) is 5.32 Å². The highest BCUT2D eigenvalue weighted by atomic mass is 16.4. The lowest BCUT2D eigenvalue weighted by Gasteiger charge is -2.17. The van der Waals surface area contributed by atoms with Gasteiger partial charge in [-0.1, -0.05) is 24.3 Å². The number of anilines is 1. The smallest absolute Gasteiger partial charge is 0.354 e. The molecule has 98 valence electrons. The third-order valence-corrected chi connectivity index (χ3v) is 3.02. The van der Waals surface area contributed by atoms with Gasteiger partial charge in [-0.15, -0.1) is 0 Å². The van der Waals surface area contributed by atoms with E-state index >= 15 is 0 Å². The Balaban J connectivity index is 2.13. The molecule has 19 heavy (non-hydrogen) atoms. The van der Waals surface area contributed by atoms with Crippen molar-refractivity contribution in [3.8, 4) is 0 Å². The van der Waals surface area contributed by atoms with Crippen LogP contribution in [0.4, 0.5) is 5.69 Å². The zero-order valence-electron chi connectivity index (χ0n) is 10.9. The van der Waals surface area contributed by atoms with Crippen LogP contribution in [0, 0.1) is 6.92 Å². The number of carboxylic acid groups (broad SMARTS) is 1. The van der Waals surface area contributed by atoms with E-state index in [0.29, 0.717) is 0 Å². The van der Waals surface area contributed by atoms with Crippen LogP contribution in [0.2, 0.25) is 0 Å². The predicted octanol–water partition coefficient (Wildman–Crippen LogP) is 3.26. The Morgan fingerprint density at radius 1 is 1.26 bits per heavy atom. The number of aromatic nitrogens is 1. The Kier molecular flexibility index (Phi) is 3.80. The second kappa shape index (κ2) is 5.52. The highest BCUT2D eigenvalue weighted by Crippen LogP contribution is 2.21. The molecule has 4 heteroatoms. The molecule has 2 aromatic rings. The van der Waals surface area contributed by atoms with E-state index in [2.05, 4.69) is 36.3 Å². The molecule has 0 aliphatic carbocycles. The van der Waals surface area contributed by atoms with Gasteiger partial charge in [0.25, 0.3) is 0 Å². The Labute approximate surface area is 112 Å². The monoisotopic (exact) mass is 256 g/mol. The minimum Gasteiger partial charge on any atom is -0.477 e. The number of hydrogen-bond acceptors (Lipinski definition) is 3. The van der Waals surface area contributed by atoms with E-state index < -0.39 is 5.97 Å². The number of aryl methyl sites for hydroxylation is 1. The first kappa shape index (κ1) is 13.1. The van der Waals surface area contributed by atoms with Crippen LogP contribution in [0.5, 0.6) is 0 Å². The molecule has 0 fully saturated rings. The van der Waals surface area contributed by atoms with Gasteiger partial charge in [-0.3, -0.25) is 0 Å². The minimum absolute atomic E-state index is 0.0501. The highest BCUT2D eigenvalue weighted by Gasteiger charge is 2.09. The van der Waals surface area contributed by atoms with Crippen LogP contribution in [0.1, 0.15) is 34.6 Å². The lowest BCUT2D eigenvalue weighted by Crippen LogP contribution is -2.09. The molecular weight excluding hydrogens is 240 g/mol. The van der Waals surface area contributed by atoms with Crippen LogP contribution in [0.15, 0.2) is 42.6 Å². The molecule has 0 radical (unpaired) electrons. The third kappa shape index (κ3) is 3.10. The van der Waals surface area contributed by atoms with E-state index in [0.717, 1.165) is 5.69 Å². The van der Waals surface area contributed by atoms with Gasteiger partial charge in [0, 0.05) is 6.04 Å². The van der Waals surface area contributed by atoms with Crippen molar-refractivity contribution < 1.29 is 9.90 Å². The van der Waals surface area contributed by atoms with Crippen LogP contribution in [-0.4, -0.2) is 16.1 Å². The fourth-order valence-corrected chi connectivity index (χ4v) is 2.01. The van der Waals surface area contributed by atoms with Crippen LogP contribution < -0.4 is 5.32 Å². The molecule has 1 aromatic heterocycles. The number of carbonyl (C=O) groups is 1. The average molecular weight is 256 g/mol. The van der Waals surface area contributed by atoms with E-state index in [4.69, 9.17) is 5.11 Å². The van der Waals surface area contributed by atoms with Gasteiger partial charge >= 0.3 is 5.97 Å². The lowest BCUT2D eigenvalue weighted by atomic mass is 10.0. The maximum atomic E-state index is 10.7. The first-order chi connectivity index (χ1) is 9.08. The molecule has 1 atom stereocenters. The van der Waals surface area contributed by atoms with Gasteiger partial charge in [0.15, 0.2) is 0 Å². The molecule has 0 aliphatic rings. The molecular formula is C15H16N2O2. The fourth-order valence-electron chi connectivity index (χ4n) is 2.01. The van der Waals surface area contributed by atoms with Crippen LogP contribution in [0.25, 0.3) is 0 Å². The largest absolute Gasteiger partial charge is 0.477 e. The van der Waals surface area contributed by atoms with E-state index in [1.54, 1.807) is 6.07 Å². The normalized spacial score (nSPS) is 11.9. The summed E-state index contributed by atoms with van der Waals surface area (Å²) in [5.74, 6) is -1.02. The van der Waals surface area contributed by atoms with Gasteiger partial charge in [0.1, 0.15) is 5.69 Å². The van der Waals surface area contributed by atoms with Crippen molar-refractivity contribution >= 4 is 11.7 Å². The van der Waals surface area contributed by atoms with E-state index in [9.17, 15) is 4.79 Å². The molecule has 2 N–H and O–H groups in total. The van der Waals surface area contributed by atoms with Gasteiger partial charge in [-0.05, 0) is 37.1 Å². The fraction of sp³-hybridized carbons (Fsp3) is 0.200. The maximum Gasteiger partial charge on any atom is 0.354 e. The lowest BCUT2D eigenvalue weighted by molar-refractivity contribution is 0.0690. The van der Waals surface area contributed by atoms with Crippen molar-refractivity contribution in [3.63, 3.8) is 0 Å². The molecule has 2 rings (SSSR count). The number of pyridine rings is 1. The number of hydrogen-bond donors (Lipinski definition) is 2. The van der Waals surface area contributed by atoms with Crippen LogP contribution in [-0.2, 0) is 0 Å². The Morgan fingerprint density at radius 2 is 2.00 bits per heavy atom. The quantitative estimate of drug-likeness (QED) is 0.881. The summed E-state index contributed by atoms with van der Waals surface area (Å²) in [4.78, 5) is 14.6. The molecule has 1 aromatic carbocycles. The number of carboxylic acids is 1. The SMILES string of the molecule is Cc1ccccc1C(C)Nc1ccc(C(=O)O)nc1. The molecule has 4 nitrogen and oxygen atoms in total. The molecule has 0 saturated carbocycles. The molecule has 0 bridgehead atoms. The van der Waals surface area contributed by atoms with Gasteiger partial charge in [-0.25, -0.2) is 9.78 Å². The molecule has 0 amide bonds. The predicted molar refractivity (Wildman–Crippen MR) is 74.4 cm³/mol. The summed E-state index contributed by atoms with van der Waals surface area (Å²) < 4.78 is 0. The Bertz CT molecular complexity index is 579. The summed E-state index contributed by atoms with van der Waals surface area (Å²) in [6.45, 7) is 4.13. The number of nitrogens with one attached hydrogen (secondary N) is 1. The number of aromatic carboxylic acids is 1. The summed E-state index contributed by atoms with van der Waals surface area (Å²) in [6.07, 6.45) is 1.54. The second-order valence-electron chi connectivity index (χ2n) is 4.46. The standard InChI is InChI=1S/C15H16N2O2/c1-10-5-3-4-6-13(10)11(2)17-12-7-8-14(15(18)19)16-9-12/h3-9,11,17H,1-2H3,(H,18,19). The zero-order chi connectivity index (χ0) is 13.8. The van der Waals surface area contributed by atoms with E-state index in [1.807, 2.05) is 12.1 Å². The number of rotatable bonds is 4.